The number of hydrogen-bond acceptors (Lipinski definition) is 4. The van der Waals surface area contributed by atoms with Crippen molar-refractivity contribution < 1.29 is 20.1 Å². The highest BCUT2D eigenvalue weighted by molar-refractivity contribution is 5.71. The molecule has 0 aromatic heterocycles. The zero-order valence-corrected chi connectivity index (χ0v) is 5.40. The van der Waals surface area contributed by atoms with Gasteiger partial charge in [0.25, 0.3) is 0 Å². The number of carbonyl (C=O) groups is 1. The van der Waals surface area contributed by atoms with Gasteiger partial charge in [0.2, 0.25) is 0 Å². The standard InChI is InChI=1S/C5H11NO4/c6-2-3(7)1-4(8)5(9)10/h3-4,7-8H,1-2,6H2,(H,9,10)/t3-,4?/m1/s1. The van der Waals surface area contributed by atoms with E-state index >= 15 is 0 Å². The summed E-state index contributed by atoms with van der Waals surface area (Å²) in [7, 11) is 0. The summed E-state index contributed by atoms with van der Waals surface area (Å²) in [6, 6.07) is 0. The molecule has 10 heavy (non-hydrogen) atoms. The minimum Gasteiger partial charge on any atom is -0.479 e. The Labute approximate surface area is 58.1 Å². The predicted molar refractivity (Wildman–Crippen MR) is 33.3 cm³/mol. The van der Waals surface area contributed by atoms with E-state index < -0.39 is 18.2 Å². The van der Waals surface area contributed by atoms with Crippen molar-refractivity contribution in [3.05, 3.63) is 0 Å². The molecule has 0 spiro atoms. The van der Waals surface area contributed by atoms with E-state index in [4.69, 9.17) is 21.1 Å². The maximum Gasteiger partial charge on any atom is 0.332 e. The molecule has 0 rings (SSSR count). The van der Waals surface area contributed by atoms with Gasteiger partial charge in [-0.15, -0.1) is 0 Å². The molecule has 5 N–H and O–H groups in total. The average Bonchev–Trinajstić information content (AvgIpc) is 1.87. The minimum atomic E-state index is -1.52. The van der Waals surface area contributed by atoms with E-state index in [1.165, 1.54) is 0 Å². The summed E-state index contributed by atoms with van der Waals surface area (Å²) in [4.78, 5) is 9.95. The number of hydrogen-bond donors (Lipinski definition) is 4. The van der Waals surface area contributed by atoms with Gasteiger partial charge in [-0.3, -0.25) is 0 Å². The van der Waals surface area contributed by atoms with Crippen LogP contribution >= 0.6 is 0 Å². The third-order valence-electron chi connectivity index (χ3n) is 1.05. The quantitative estimate of drug-likeness (QED) is 0.375. The van der Waals surface area contributed by atoms with Gasteiger partial charge in [-0.05, 0) is 0 Å². The van der Waals surface area contributed by atoms with Crippen LogP contribution in [0.1, 0.15) is 6.42 Å². The number of nitrogens with two attached hydrogens (primary N) is 1. The molecule has 0 amide bonds. The van der Waals surface area contributed by atoms with Crippen LogP contribution in [0.5, 0.6) is 0 Å². The molecule has 0 fully saturated rings. The first kappa shape index (κ1) is 9.35. The van der Waals surface area contributed by atoms with Crippen molar-refractivity contribution in [3.8, 4) is 0 Å². The van der Waals surface area contributed by atoms with E-state index in [2.05, 4.69) is 0 Å². The molecule has 0 aromatic rings. The lowest BCUT2D eigenvalue weighted by Crippen LogP contribution is -2.29. The lowest BCUT2D eigenvalue weighted by molar-refractivity contribution is -0.148. The fourth-order valence-electron chi connectivity index (χ4n) is 0.455. The van der Waals surface area contributed by atoms with Crippen molar-refractivity contribution in [1.82, 2.24) is 0 Å². The first-order valence-electron chi connectivity index (χ1n) is 2.87. The van der Waals surface area contributed by atoms with Crippen LogP contribution in [0.4, 0.5) is 0 Å². The van der Waals surface area contributed by atoms with Crippen LogP contribution in [0.3, 0.4) is 0 Å². The molecular weight excluding hydrogens is 138 g/mol. The Morgan fingerprint density at radius 3 is 2.30 bits per heavy atom. The van der Waals surface area contributed by atoms with Gasteiger partial charge in [0.05, 0.1) is 6.10 Å². The number of aliphatic hydroxyl groups excluding tert-OH is 2. The molecule has 0 aliphatic heterocycles. The Morgan fingerprint density at radius 2 is 2.00 bits per heavy atom. The molecule has 0 aliphatic rings. The average molecular weight is 149 g/mol. The van der Waals surface area contributed by atoms with Crippen molar-refractivity contribution in [2.45, 2.75) is 18.6 Å². The molecule has 2 atom stereocenters. The van der Waals surface area contributed by atoms with E-state index in [0.717, 1.165) is 0 Å². The van der Waals surface area contributed by atoms with Crippen LogP contribution in [-0.2, 0) is 4.79 Å². The van der Waals surface area contributed by atoms with Gasteiger partial charge in [0, 0.05) is 13.0 Å². The number of carboxylic acids is 1. The molecule has 5 heteroatoms. The van der Waals surface area contributed by atoms with Crippen LogP contribution in [0.15, 0.2) is 0 Å². The molecule has 0 heterocycles. The van der Waals surface area contributed by atoms with E-state index in [9.17, 15) is 4.79 Å². The highest BCUT2D eigenvalue weighted by Gasteiger charge is 2.16. The van der Waals surface area contributed by atoms with Crippen LogP contribution in [0, 0.1) is 0 Å². The number of rotatable bonds is 4. The van der Waals surface area contributed by atoms with E-state index in [1.807, 2.05) is 0 Å². The van der Waals surface area contributed by atoms with Crippen molar-refractivity contribution in [3.63, 3.8) is 0 Å². The molecule has 0 saturated carbocycles. The summed E-state index contributed by atoms with van der Waals surface area (Å²) in [6.45, 7) is -0.0374. The van der Waals surface area contributed by atoms with E-state index in [1.54, 1.807) is 0 Å². The monoisotopic (exact) mass is 149 g/mol. The largest absolute Gasteiger partial charge is 0.479 e. The molecule has 0 bridgehead atoms. The van der Waals surface area contributed by atoms with Gasteiger partial charge in [0.1, 0.15) is 0 Å². The molecular formula is C5H11NO4. The maximum atomic E-state index is 9.95. The highest BCUT2D eigenvalue weighted by atomic mass is 16.4. The summed E-state index contributed by atoms with van der Waals surface area (Å²) < 4.78 is 0. The van der Waals surface area contributed by atoms with Gasteiger partial charge < -0.3 is 21.1 Å². The Balaban J connectivity index is 3.56. The molecule has 0 aromatic carbocycles. The fraction of sp³-hybridized carbons (Fsp3) is 0.800. The highest BCUT2D eigenvalue weighted by Crippen LogP contribution is 1.95. The molecule has 1 unspecified atom stereocenters. The Bertz CT molecular complexity index is 116. The molecule has 60 valence electrons. The Morgan fingerprint density at radius 1 is 1.50 bits per heavy atom. The van der Waals surface area contributed by atoms with E-state index in [0.29, 0.717) is 0 Å². The third kappa shape index (κ3) is 3.39. The fourth-order valence-corrected chi connectivity index (χ4v) is 0.455. The SMILES string of the molecule is NC[C@H](O)CC(O)C(=O)O. The van der Waals surface area contributed by atoms with Crippen molar-refractivity contribution in [2.24, 2.45) is 5.73 Å². The lowest BCUT2D eigenvalue weighted by Gasteiger charge is -2.08. The molecule has 0 radical (unpaired) electrons. The van der Waals surface area contributed by atoms with Gasteiger partial charge in [-0.1, -0.05) is 0 Å². The number of carboxylic acid groups (broad SMARTS) is 1. The molecule has 0 aliphatic carbocycles. The summed E-state index contributed by atoms with van der Waals surface area (Å²) in [5, 5.41) is 25.5. The third-order valence-corrected chi connectivity index (χ3v) is 1.05. The topological polar surface area (TPSA) is 104 Å². The first-order valence-corrected chi connectivity index (χ1v) is 2.87. The van der Waals surface area contributed by atoms with Gasteiger partial charge in [-0.25, -0.2) is 4.79 Å². The van der Waals surface area contributed by atoms with E-state index in [-0.39, 0.29) is 13.0 Å². The zero-order valence-electron chi connectivity index (χ0n) is 5.40. The molecule has 0 saturated heterocycles. The van der Waals surface area contributed by atoms with Crippen LogP contribution in [0.25, 0.3) is 0 Å². The van der Waals surface area contributed by atoms with Crippen molar-refractivity contribution >= 4 is 5.97 Å². The van der Waals surface area contributed by atoms with Gasteiger partial charge in [0.15, 0.2) is 6.10 Å². The van der Waals surface area contributed by atoms with Gasteiger partial charge in [-0.2, -0.15) is 0 Å². The summed E-state index contributed by atoms with van der Waals surface area (Å²) in [5.74, 6) is -1.34. The maximum absolute atomic E-state index is 9.95. The normalized spacial score (nSPS) is 16.3. The molecule has 5 nitrogen and oxygen atoms in total. The summed E-state index contributed by atoms with van der Waals surface area (Å²) in [5.41, 5.74) is 4.97. The van der Waals surface area contributed by atoms with Crippen molar-refractivity contribution in [2.75, 3.05) is 6.54 Å². The first-order chi connectivity index (χ1) is 4.57. The van der Waals surface area contributed by atoms with Crippen LogP contribution < -0.4 is 5.73 Å². The van der Waals surface area contributed by atoms with Crippen LogP contribution in [-0.4, -0.2) is 40.0 Å². The summed E-state index contributed by atoms with van der Waals surface area (Å²) in [6.07, 6.45) is -2.67. The second kappa shape index (κ2) is 4.21. The Kier molecular flexibility index (Phi) is 3.94. The minimum absolute atomic E-state index is 0.0374. The number of aliphatic hydroxyl groups is 2. The lowest BCUT2D eigenvalue weighted by atomic mass is 10.1. The second-order valence-electron chi connectivity index (χ2n) is 1.98. The van der Waals surface area contributed by atoms with Crippen LogP contribution in [0.2, 0.25) is 0 Å². The predicted octanol–water partition coefficient (Wildman–Crippen LogP) is -1.86. The second-order valence-corrected chi connectivity index (χ2v) is 1.98. The zero-order chi connectivity index (χ0) is 8.15. The van der Waals surface area contributed by atoms with Gasteiger partial charge >= 0.3 is 5.97 Å². The number of aliphatic carboxylic acids is 1. The van der Waals surface area contributed by atoms with Crippen molar-refractivity contribution in [1.29, 1.82) is 0 Å². The summed E-state index contributed by atoms with van der Waals surface area (Å²) >= 11 is 0. The Hall–Kier alpha value is -0.650. The smallest absolute Gasteiger partial charge is 0.332 e.